The van der Waals surface area contributed by atoms with Gasteiger partial charge in [-0.05, 0) is 31.0 Å². The highest BCUT2D eigenvalue weighted by molar-refractivity contribution is 5.50. The molecule has 16 heavy (non-hydrogen) atoms. The molecule has 1 aliphatic heterocycles. The Morgan fingerprint density at radius 2 is 2.31 bits per heavy atom. The second-order valence-electron chi connectivity index (χ2n) is 4.39. The van der Waals surface area contributed by atoms with E-state index < -0.39 is 0 Å². The van der Waals surface area contributed by atoms with Gasteiger partial charge < -0.3 is 10.2 Å². The number of halogens is 1. The van der Waals surface area contributed by atoms with Gasteiger partial charge in [0, 0.05) is 25.7 Å². The first kappa shape index (κ1) is 11.4. The van der Waals surface area contributed by atoms with Crippen LogP contribution in [0.25, 0.3) is 0 Å². The Morgan fingerprint density at radius 3 is 2.94 bits per heavy atom. The van der Waals surface area contributed by atoms with Crippen LogP contribution in [0.2, 0.25) is 0 Å². The first-order valence-electron chi connectivity index (χ1n) is 5.98. The predicted molar refractivity (Wildman–Crippen MR) is 65.5 cm³/mol. The average Bonchev–Trinajstić information content (AvgIpc) is 2.30. The van der Waals surface area contributed by atoms with E-state index in [9.17, 15) is 4.39 Å². The van der Waals surface area contributed by atoms with Gasteiger partial charge in [0.15, 0.2) is 0 Å². The average molecular weight is 222 g/mol. The number of benzene rings is 1. The number of nitrogens with zero attached hydrogens (tertiary/aromatic N) is 1. The molecule has 1 N–H and O–H groups in total. The molecular formula is C13H19FN2. The second-order valence-corrected chi connectivity index (χ2v) is 4.39. The summed E-state index contributed by atoms with van der Waals surface area (Å²) in [6.45, 7) is 6.90. The van der Waals surface area contributed by atoms with E-state index in [0.29, 0.717) is 6.04 Å². The van der Waals surface area contributed by atoms with E-state index in [0.717, 1.165) is 37.3 Å². The Morgan fingerprint density at radius 1 is 1.50 bits per heavy atom. The predicted octanol–water partition coefficient (Wildman–Crippen LogP) is 2.19. The van der Waals surface area contributed by atoms with Crippen molar-refractivity contribution in [2.75, 3.05) is 24.5 Å². The van der Waals surface area contributed by atoms with Crippen molar-refractivity contribution in [1.29, 1.82) is 0 Å². The summed E-state index contributed by atoms with van der Waals surface area (Å²) in [5, 5.41) is 3.31. The molecule has 2 rings (SSSR count). The van der Waals surface area contributed by atoms with Gasteiger partial charge in [-0.2, -0.15) is 0 Å². The van der Waals surface area contributed by atoms with E-state index in [1.54, 1.807) is 6.07 Å². The highest BCUT2D eigenvalue weighted by Crippen LogP contribution is 2.23. The number of hydrogen-bond donors (Lipinski definition) is 1. The quantitative estimate of drug-likeness (QED) is 0.825. The number of piperazine rings is 1. The Hall–Kier alpha value is -1.09. The zero-order valence-electron chi connectivity index (χ0n) is 9.96. The topological polar surface area (TPSA) is 15.3 Å². The number of rotatable bonds is 2. The van der Waals surface area contributed by atoms with Crippen LogP contribution in [0.4, 0.5) is 10.1 Å². The summed E-state index contributed by atoms with van der Waals surface area (Å²) >= 11 is 0. The molecule has 1 aliphatic rings. The van der Waals surface area contributed by atoms with E-state index in [4.69, 9.17) is 0 Å². The van der Waals surface area contributed by atoms with Gasteiger partial charge in [0.2, 0.25) is 0 Å². The molecule has 1 fully saturated rings. The third-order valence-corrected chi connectivity index (χ3v) is 3.23. The molecular weight excluding hydrogens is 203 g/mol. The molecule has 1 heterocycles. The fourth-order valence-corrected chi connectivity index (χ4v) is 2.20. The number of aryl methyl sites for hydroxylation is 1. The van der Waals surface area contributed by atoms with Crippen LogP contribution in [0, 0.1) is 5.82 Å². The zero-order valence-corrected chi connectivity index (χ0v) is 9.96. The lowest BCUT2D eigenvalue weighted by Crippen LogP contribution is -2.50. The van der Waals surface area contributed by atoms with Crippen LogP contribution in [-0.4, -0.2) is 25.7 Å². The van der Waals surface area contributed by atoms with Gasteiger partial charge in [-0.25, -0.2) is 4.39 Å². The standard InChI is InChI=1S/C13H19FN2/c1-3-11-4-5-13(12(14)8-11)16-7-6-15-9-10(16)2/h4-5,8,10,15H,3,6-7,9H2,1-2H3/t10-/m1/s1. The third-order valence-electron chi connectivity index (χ3n) is 3.23. The normalized spacial score (nSPS) is 21.2. The van der Waals surface area contributed by atoms with Crippen molar-refractivity contribution in [3.63, 3.8) is 0 Å². The first-order chi connectivity index (χ1) is 7.72. The molecule has 1 atom stereocenters. The van der Waals surface area contributed by atoms with E-state index in [1.165, 1.54) is 0 Å². The largest absolute Gasteiger partial charge is 0.364 e. The SMILES string of the molecule is CCc1ccc(N2CCNC[C@H]2C)c(F)c1. The van der Waals surface area contributed by atoms with Gasteiger partial charge in [0.05, 0.1) is 5.69 Å². The Bertz CT molecular complexity index is 365. The van der Waals surface area contributed by atoms with Gasteiger partial charge in [-0.3, -0.25) is 0 Å². The number of hydrogen-bond acceptors (Lipinski definition) is 2. The van der Waals surface area contributed by atoms with Crippen LogP contribution in [0.15, 0.2) is 18.2 Å². The Balaban J connectivity index is 2.25. The van der Waals surface area contributed by atoms with E-state index >= 15 is 0 Å². The lowest BCUT2D eigenvalue weighted by atomic mass is 10.1. The van der Waals surface area contributed by atoms with Crippen molar-refractivity contribution >= 4 is 5.69 Å². The van der Waals surface area contributed by atoms with Gasteiger partial charge in [-0.1, -0.05) is 13.0 Å². The summed E-state index contributed by atoms with van der Waals surface area (Å²) in [7, 11) is 0. The lowest BCUT2D eigenvalue weighted by Gasteiger charge is -2.36. The minimum absolute atomic E-state index is 0.0897. The maximum absolute atomic E-state index is 13.9. The number of anilines is 1. The molecule has 0 spiro atoms. The van der Waals surface area contributed by atoms with Crippen molar-refractivity contribution in [3.05, 3.63) is 29.6 Å². The molecule has 0 aliphatic carbocycles. The molecule has 88 valence electrons. The van der Waals surface area contributed by atoms with Gasteiger partial charge >= 0.3 is 0 Å². The minimum Gasteiger partial charge on any atom is -0.364 e. The fraction of sp³-hybridized carbons (Fsp3) is 0.538. The van der Waals surface area contributed by atoms with Crippen LogP contribution in [0.3, 0.4) is 0 Å². The molecule has 2 nitrogen and oxygen atoms in total. The molecule has 0 saturated carbocycles. The summed E-state index contributed by atoms with van der Waals surface area (Å²) < 4.78 is 13.9. The third kappa shape index (κ3) is 2.19. The Labute approximate surface area is 96.5 Å². The smallest absolute Gasteiger partial charge is 0.146 e. The van der Waals surface area contributed by atoms with Crippen LogP contribution in [0.1, 0.15) is 19.4 Å². The zero-order chi connectivity index (χ0) is 11.5. The molecule has 0 bridgehead atoms. The van der Waals surface area contributed by atoms with Crippen molar-refractivity contribution in [1.82, 2.24) is 5.32 Å². The molecule has 1 aromatic carbocycles. The van der Waals surface area contributed by atoms with E-state index in [1.807, 2.05) is 19.1 Å². The highest BCUT2D eigenvalue weighted by atomic mass is 19.1. The maximum Gasteiger partial charge on any atom is 0.146 e. The van der Waals surface area contributed by atoms with Crippen LogP contribution >= 0.6 is 0 Å². The number of nitrogens with one attached hydrogen (secondary N) is 1. The van der Waals surface area contributed by atoms with Crippen molar-refractivity contribution < 1.29 is 4.39 Å². The summed E-state index contributed by atoms with van der Waals surface area (Å²) in [6.07, 6.45) is 0.883. The van der Waals surface area contributed by atoms with Crippen LogP contribution in [-0.2, 0) is 6.42 Å². The van der Waals surface area contributed by atoms with Crippen molar-refractivity contribution in [2.24, 2.45) is 0 Å². The molecule has 3 heteroatoms. The van der Waals surface area contributed by atoms with E-state index in [-0.39, 0.29) is 5.82 Å². The Kier molecular flexibility index (Phi) is 3.44. The molecule has 0 radical (unpaired) electrons. The molecule has 1 saturated heterocycles. The molecule has 0 amide bonds. The van der Waals surface area contributed by atoms with Crippen LogP contribution < -0.4 is 10.2 Å². The minimum atomic E-state index is -0.0897. The van der Waals surface area contributed by atoms with Gasteiger partial charge in [0.1, 0.15) is 5.82 Å². The van der Waals surface area contributed by atoms with Gasteiger partial charge in [0.25, 0.3) is 0 Å². The summed E-state index contributed by atoms with van der Waals surface area (Å²) in [4.78, 5) is 2.14. The molecule has 0 aromatic heterocycles. The monoisotopic (exact) mass is 222 g/mol. The van der Waals surface area contributed by atoms with Crippen molar-refractivity contribution in [3.8, 4) is 0 Å². The molecule has 0 unspecified atom stereocenters. The highest BCUT2D eigenvalue weighted by Gasteiger charge is 2.20. The molecule has 1 aromatic rings. The summed E-state index contributed by atoms with van der Waals surface area (Å²) in [5.74, 6) is -0.0897. The lowest BCUT2D eigenvalue weighted by molar-refractivity contribution is 0.490. The van der Waals surface area contributed by atoms with Gasteiger partial charge in [-0.15, -0.1) is 0 Å². The maximum atomic E-state index is 13.9. The van der Waals surface area contributed by atoms with Crippen molar-refractivity contribution in [2.45, 2.75) is 26.3 Å². The summed E-state index contributed by atoms with van der Waals surface area (Å²) in [5.41, 5.74) is 1.80. The first-order valence-corrected chi connectivity index (χ1v) is 5.98. The second kappa shape index (κ2) is 4.83. The fourth-order valence-electron chi connectivity index (χ4n) is 2.20. The van der Waals surface area contributed by atoms with E-state index in [2.05, 4.69) is 17.1 Å². The van der Waals surface area contributed by atoms with Crippen LogP contribution in [0.5, 0.6) is 0 Å². The summed E-state index contributed by atoms with van der Waals surface area (Å²) in [6, 6.07) is 5.95.